The number of aromatic nitrogens is 1. The van der Waals surface area contributed by atoms with Crippen LogP contribution in [0.25, 0.3) is 10.1 Å². The van der Waals surface area contributed by atoms with Gasteiger partial charge < -0.3 is 20.9 Å². The van der Waals surface area contributed by atoms with Crippen molar-refractivity contribution in [3.8, 4) is 0 Å². The first-order valence-corrected chi connectivity index (χ1v) is 13.9. The molecule has 0 unspecified atom stereocenters. The SMILES string of the molecule is CCc1cccc(CCNC(=O)Nc2ccc3c(C(=O)N[C@@H]4CN5CCC4CC5)nsc3c2)c1CC. The summed E-state index contributed by atoms with van der Waals surface area (Å²) in [6, 6.07) is 12.0. The molecule has 190 valence electrons. The number of benzene rings is 2. The molecule has 3 aliphatic rings. The lowest BCUT2D eigenvalue weighted by Gasteiger charge is -2.44. The van der Waals surface area contributed by atoms with Crippen molar-refractivity contribution in [2.75, 3.05) is 31.5 Å². The average Bonchev–Trinajstić information content (AvgIpc) is 3.32. The maximum Gasteiger partial charge on any atom is 0.319 e. The molecule has 0 radical (unpaired) electrons. The normalized spacial score (nSPS) is 20.9. The number of urea groups is 1. The summed E-state index contributed by atoms with van der Waals surface area (Å²) in [6.07, 6.45) is 5.14. The van der Waals surface area contributed by atoms with Crippen LogP contribution in [-0.4, -0.2) is 53.4 Å². The minimum absolute atomic E-state index is 0.1000. The van der Waals surface area contributed by atoms with E-state index in [1.165, 1.54) is 28.2 Å². The molecule has 2 aromatic carbocycles. The molecule has 3 aliphatic heterocycles. The molecule has 3 saturated heterocycles. The van der Waals surface area contributed by atoms with Crippen LogP contribution in [0.5, 0.6) is 0 Å². The predicted octanol–water partition coefficient (Wildman–Crippen LogP) is 4.61. The zero-order valence-electron chi connectivity index (χ0n) is 21.1. The third-order valence-corrected chi connectivity index (χ3v) is 8.51. The highest BCUT2D eigenvalue weighted by Gasteiger charge is 2.35. The molecule has 0 saturated carbocycles. The van der Waals surface area contributed by atoms with Crippen LogP contribution in [0.4, 0.5) is 10.5 Å². The van der Waals surface area contributed by atoms with E-state index in [-0.39, 0.29) is 18.0 Å². The molecule has 1 aromatic heterocycles. The Bertz CT molecular complexity index is 1250. The molecule has 6 rings (SSSR count). The highest BCUT2D eigenvalue weighted by Crippen LogP contribution is 2.29. The summed E-state index contributed by atoms with van der Waals surface area (Å²) >= 11 is 1.29. The first-order valence-electron chi connectivity index (χ1n) is 13.1. The summed E-state index contributed by atoms with van der Waals surface area (Å²) in [4.78, 5) is 27.9. The van der Waals surface area contributed by atoms with E-state index in [9.17, 15) is 9.59 Å². The molecule has 3 fully saturated rings. The number of hydrogen-bond acceptors (Lipinski definition) is 5. The van der Waals surface area contributed by atoms with Gasteiger partial charge in [0.15, 0.2) is 0 Å². The smallest absolute Gasteiger partial charge is 0.319 e. The number of carbonyl (C=O) groups excluding carboxylic acids is 2. The number of nitrogens with one attached hydrogen (secondary N) is 3. The fraction of sp³-hybridized carbons (Fsp3) is 0.464. The predicted molar refractivity (Wildman–Crippen MR) is 146 cm³/mol. The molecule has 8 heteroatoms. The highest BCUT2D eigenvalue weighted by molar-refractivity contribution is 7.13. The minimum Gasteiger partial charge on any atom is -0.346 e. The van der Waals surface area contributed by atoms with Gasteiger partial charge in [0.2, 0.25) is 0 Å². The van der Waals surface area contributed by atoms with Crippen molar-refractivity contribution >= 4 is 39.2 Å². The number of rotatable bonds is 8. The third kappa shape index (κ3) is 5.25. The van der Waals surface area contributed by atoms with Crippen molar-refractivity contribution in [2.45, 2.75) is 52.0 Å². The second kappa shape index (κ2) is 11.0. The second-order valence-corrected chi connectivity index (χ2v) is 10.7. The van der Waals surface area contributed by atoms with Crippen molar-refractivity contribution in [3.63, 3.8) is 0 Å². The van der Waals surface area contributed by atoms with Crippen LogP contribution in [0.2, 0.25) is 0 Å². The van der Waals surface area contributed by atoms with E-state index in [2.05, 4.69) is 57.3 Å². The van der Waals surface area contributed by atoms with Crippen molar-refractivity contribution in [1.29, 1.82) is 0 Å². The van der Waals surface area contributed by atoms with Gasteiger partial charge in [0.25, 0.3) is 5.91 Å². The summed E-state index contributed by atoms with van der Waals surface area (Å²) in [5.41, 5.74) is 5.24. The molecule has 0 aliphatic carbocycles. The zero-order valence-corrected chi connectivity index (χ0v) is 21.9. The molecular formula is C28H35N5O2S. The van der Waals surface area contributed by atoms with Crippen LogP contribution in [0.15, 0.2) is 36.4 Å². The standard InChI is InChI=1S/C28H35N5O2S/c1-3-18-6-5-7-19(22(18)4-2)10-13-29-28(35)30-21-8-9-23-25(16-21)36-32-26(23)27(34)31-24-17-33-14-11-20(24)12-15-33/h5-9,16,20,24H,3-4,10-15,17H2,1-2H3,(H,31,34)(H2,29,30,35)/t24-/m1/s1. The fourth-order valence-electron chi connectivity index (χ4n) is 5.74. The quantitative estimate of drug-likeness (QED) is 0.417. The Morgan fingerprint density at radius 2 is 1.89 bits per heavy atom. The molecule has 3 aromatic rings. The van der Waals surface area contributed by atoms with Gasteiger partial charge in [0.1, 0.15) is 5.69 Å². The first kappa shape index (κ1) is 24.7. The number of carbonyl (C=O) groups is 2. The molecule has 1 atom stereocenters. The lowest BCUT2D eigenvalue weighted by Crippen LogP contribution is -2.57. The van der Waals surface area contributed by atoms with Gasteiger partial charge in [0.05, 0.1) is 4.70 Å². The maximum absolute atomic E-state index is 13.0. The molecule has 2 bridgehead atoms. The molecule has 4 heterocycles. The van der Waals surface area contributed by atoms with Gasteiger partial charge in [-0.05, 0) is 97.5 Å². The van der Waals surface area contributed by atoms with Crippen LogP contribution >= 0.6 is 11.5 Å². The van der Waals surface area contributed by atoms with Crippen LogP contribution in [0.3, 0.4) is 0 Å². The van der Waals surface area contributed by atoms with Gasteiger partial charge in [-0.1, -0.05) is 32.0 Å². The van der Waals surface area contributed by atoms with Crippen molar-refractivity contribution in [1.82, 2.24) is 19.9 Å². The van der Waals surface area contributed by atoms with Crippen LogP contribution < -0.4 is 16.0 Å². The van der Waals surface area contributed by atoms with E-state index in [0.717, 1.165) is 61.8 Å². The lowest BCUT2D eigenvalue weighted by atomic mass is 9.84. The second-order valence-electron chi connectivity index (χ2n) is 9.85. The topological polar surface area (TPSA) is 86.4 Å². The Balaban J connectivity index is 1.17. The monoisotopic (exact) mass is 505 g/mol. The zero-order chi connectivity index (χ0) is 25.1. The Labute approximate surface area is 216 Å². The van der Waals surface area contributed by atoms with Gasteiger partial charge >= 0.3 is 6.03 Å². The van der Waals surface area contributed by atoms with Gasteiger partial charge in [-0.2, -0.15) is 4.37 Å². The Morgan fingerprint density at radius 1 is 1.08 bits per heavy atom. The van der Waals surface area contributed by atoms with E-state index in [1.807, 2.05) is 18.2 Å². The molecule has 3 amide bonds. The summed E-state index contributed by atoms with van der Waals surface area (Å²) in [5, 5.41) is 9.94. The maximum atomic E-state index is 13.0. The van der Waals surface area contributed by atoms with Gasteiger partial charge in [-0.25, -0.2) is 4.79 Å². The van der Waals surface area contributed by atoms with Crippen LogP contribution in [0, 0.1) is 5.92 Å². The molecule has 7 nitrogen and oxygen atoms in total. The average molecular weight is 506 g/mol. The Kier molecular flexibility index (Phi) is 7.53. The fourth-order valence-corrected chi connectivity index (χ4v) is 6.55. The Morgan fingerprint density at radius 3 is 2.61 bits per heavy atom. The summed E-state index contributed by atoms with van der Waals surface area (Å²) < 4.78 is 5.33. The Hall–Kier alpha value is -2.97. The minimum atomic E-state index is -0.233. The van der Waals surface area contributed by atoms with Crippen molar-refractivity contribution in [3.05, 3.63) is 58.8 Å². The first-order chi connectivity index (χ1) is 17.6. The number of nitrogens with zero attached hydrogens (tertiary/aromatic N) is 2. The number of aryl methyl sites for hydroxylation is 1. The molecular weight excluding hydrogens is 470 g/mol. The number of fused-ring (bicyclic) bond motifs is 4. The highest BCUT2D eigenvalue weighted by atomic mass is 32.1. The van der Waals surface area contributed by atoms with Gasteiger partial charge in [0, 0.05) is 30.2 Å². The van der Waals surface area contributed by atoms with Crippen LogP contribution in [-0.2, 0) is 19.3 Å². The number of amides is 3. The van der Waals surface area contributed by atoms with Crippen molar-refractivity contribution < 1.29 is 9.59 Å². The van der Waals surface area contributed by atoms with E-state index in [1.54, 1.807) is 0 Å². The molecule has 36 heavy (non-hydrogen) atoms. The number of hydrogen-bond donors (Lipinski definition) is 3. The lowest BCUT2D eigenvalue weighted by molar-refractivity contribution is 0.0619. The number of piperidine rings is 3. The molecule has 0 spiro atoms. The third-order valence-electron chi connectivity index (χ3n) is 7.70. The van der Waals surface area contributed by atoms with Gasteiger partial charge in [-0.3, -0.25) is 4.79 Å². The summed E-state index contributed by atoms with van der Waals surface area (Å²) in [7, 11) is 0. The summed E-state index contributed by atoms with van der Waals surface area (Å²) in [5.74, 6) is 0.472. The van der Waals surface area contributed by atoms with E-state index in [4.69, 9.17) is 0 Å². The van der Waals surface area contributed by atoms with E-state index < -0.39 is 0 Å². The molecule has 3 N–H and O–H groups in total. The van der Waals surface area contributed by atoms with E-state index in [0.29, 0.717) is 23.8 Å². The van der Waals surface area contributed by atoms with Gasteiger partial charge in [-0.15, -0.1) is 0 Å². The van der Waals surface area contributed by atoms with E-state index >= 15 is 0 Å². The summed E-state index contributed by atoms with van der Waals surface area (Å²) in [6.45, 7) is 8.15. The largest absolute Gasteiger partial charge is 0.346 e. The van der Waals surface area contributed by atoms with Crippen LogP contribution in [0.1, 0.15) is 53.9 Å². The number of anilines is 1. The van der Waals surface area contributed by atoms with Crippen molar-refractivity contribution in [2.24, 2.45) is 5.92 Å².